The quantitative estimate of drug-likeness (QED) is 0.859. The molecule has 1 aliphatic rings. The van der Waals surface area contributed by atoms with Crippen LogP contribution >= 0.6 is 22.9 Å². The van der Waals surface area contributed by atoms with E-state index in [1.165, 1.54) is 12.1 Å². The molecule has 0 spiro atoms. The Morgan fingerprint density at radius 1 is 1.47 bits per heavy atom. The molecule has 0 aromatic carbocycles. The van der Waals surface area contributed by atoms with Crippen LogP contribution in [0.3, 0.4) is 0 Å². The number of carbonyl (C=O) groups is 1. The molecule has 2 N–H and O–H groups in total. The molecule has 1 aromatic rings. The Morgan fingerprint density at radius 3 is 2.63 bits per heavy atom. The highest BCUT2D eigenvalue weighted by molar-refractivity contribution is 7.91. The molecule has 19 heavy (non-hydrogen) atoms. The Hall–Kier alpha value is -0.670. The van der Waals surface area contributed by atoms with Gasteiger partial charge in [0.2, 0.25) is 0 Å². The van der Waals surface area contributed by atoms with Crippen LogP contribution in [0.4, 0.5) is 0 Å². The van der Waals surface area contributed by atoms with Crippen molar-refractivity contribution >= 4 is 38.9 Å². The number of aliphatic carboxylic acids is 1. The lowest BCUT2D eigenvalue weighted by Gasteiger charge is -2.32. The van der Waals surface area contributed by atoms with E-state index in [4.69, 9.17) is 16.7 Å². The molecule has 0 bridgehead atoms. The Labute approximate surface area is 119 Å². The summed E-state index contributed by atoms with van der Waals surface area (Å²) in [4.78, 5) is 10.9. The number of hydrogen-bond acceptors (Lipinski definition) is 5. The van der Waals surface area contributed by atoms with Gasteiger partial charge in [0.15, 0.2) is 0 Å². The number of β-amino-alcohol motifs (C(OH)–C–C–N with tert-alkyl or cyclic N) is 1. The Bertz CT molecular complexity index is 584. The van der Waals surface area contributed by atoms with E-state index in [1.807, 2.05) is 0 Å². The monoisotopic (exact) mass is 325 g/mol. The van der Waals surface area contributed by atoms with Gasteiger partial charge in [-0.1, -0.05) is 11.6 Å². The Balaban J connectivity index is 2.18. The lowest BCUT2D eigenvalue weighted by Crippen LogP contribution is -2.48. The number of hydrogen-bond donors (Lipinski definition) is 2. The maximum Gasteiger partial charge on any atom is 0.309 e. The minimum Gasteiger partial charge on any atom is -0.481 e. The highest BCUT2D eigenvalue weighted by atomic mass is 35.5. The number of carboxylic acid groups (broad SMARTS) is 1. The van der Waals surface area contributed by atoms with Crippen LogP contribution in [0.1, 0.15) is 6.42 Å². The van der Waals surface area contributed by atoms with Crippen LogP contribution in [0.2, 0.25) is 4.34 Å². The van der Waals surface area contributed by atoms with Gasteiger partial charge in [-0.3, -0.25) is 4.79 Å². The van der Waals surface area contributed by atoms with Crippen LogP contribution in [0.5, 0.6) is 0 Å². The number of carboxylic acids is 1. The first-order chi connectivity index (χ1) is 8.82. The number of aliphatic hydroxyl groups is 1. The molecular formula is C10H12ClNO5S2. The van der Waals surface area contributed by atoms with Crippen molar-refractivity contribution in [1.29, 1.82) is 0 Å². The van der Waals surface area contributed by atoms with Crippen molar-refractivity contribution in [3.05, 3.63) is 16.5 Å². The van der Waals surface area contributed by atoms with Crippen molar-refractivity contribution in [3.63, 3.8) is 0 Å². The van der Waals surface area contributed by atoms with Crippen LogP contribution < -0.4 is 0 Å². The molecule has 2 atom stereocenters. The van der Waals surface area contributed by atoms with Gasteiger partial charge in [-0.15, -0.1) is 11.3 Å². The molecule has 0 unspecified atom stereocenters. The van der Waals surface area contributed by atoms with E-state index in [-0.39, 0.29) is 23.7 Å². The van der Waals surface area contributed by atoms with Crippen molar-refractivity contribution in [3.8, 4) is 0 Å². The summed E-state index contributed by atoms with van der Waals surface area (Å²) in [6, 6.07) is 2.89. The van der Waals surface area contributed by atoms with Crippen molar-refractivity contribution < 1.29 is 23.4 Å². The van der Waals surface area contributed by atoms with Crippen LogP contribution in [0.25, 0.3) is 0 Å². The first kappa shape index (κ1) is 14.7. The van der Waals surface area contributed by atoms with Gasteiger partial charge in [-0.2, -0.15) is 4.31 Å². The molecule has 0 saturated carbocycles. The van der Waals surface area contributed by atoms with Gasteiger partial charge in [0.1, 0.15) is 4.21 Å². The molecule has 9 heteroatoms. The fourth-order valence-electron chi connectivity index (χ4n) is 1.97. The third kappa shape index (κ3) is 2.92. The Morgan fingerprint density at radius 2 is 2.16 bits per heavy atom. The molecule has 0 aliphatic carbocycles. The molecule has 1 fully saturated rings. The topological polar surface area (TPSA) is 94.9 Å². The molecule has 2 rings (SSSR count). The van der Waals surface area contributed by atoms with Gasteiger partial charge in [0, 0.05) is 13.1 Å². The highest BCUT2D eigenvalue weighted by Gasteiger charge is 2.38. The summed E-state index contributed by atoms with van der Waals surface area (Å²) >= 11 is 6.64. The maximum absolute atomic E-state index is 12.2. The molecule has 1 aliphatic heterocycles. The zero-order valence-electron chi connectivity index (χ0n) is 9.69. The van der Waals surface area contributed by atoms with Crippen LogP contribution in [-0.2, 0) is 14.8 Å². The number of halogens is 1. The minimum atomic E-state index is -3.71. The highest BCUT2D eigenvalue weighted by Crippen LogP contribution is 2.30. The third-order valence-electron chi connectivity index (χ3n) is 3.00. The van der Waals surface area contributed by atoms with E-state index >= 15 is 0 Å². The van der Waals surface area contributed by atoms with Gasteiger partial charge >= 0.3 is 5.97 Å². The minimum absolute atomic E-state index is 0.0753. The van der Waals surface area contributed by atoms with Crippen molar-refractivity contribution in [2.45, 2.75) is 16.7 Å². The van der Waals surface area contributed by atoms with Crippen molar-refractivity contribution in [2.24, 2.45) is 5.92 Å². The van der Waals surface area contributed by atoms with Crippen LogP contribution in [-0.4, -0.2) is 48.1 Å². The molecule has 2 heterocycles. The third-order valence-corrected chi connectivity index (χ3v) is 6.57. The normalized spacial score (nSPS) is 25.4. The zero-order valence-corrected chi connectivity index (χ0v) is 12.1. The van der Waals surface area contributed by atoms with Gasteiger partial charge in [-0.05, 0) is 18.6 Å². The predicted molar refractivity (Wildman–Crippen MR) is 69.8 cm³/mol. The summed E-state index contributed by atoms with van der Waals surface area (Å²) < 4.78 is 26.0. The van der Waals surface area contributed by atoms with Crippen LogP contribution in [0.15, 0.2) is 16.3 Å². The second-order valence-electron chi connectivity index (χ2n) is 4.22. The summed E-state index contributed by atoms with van der Waals surface area (Å²) in [5.74, 6) is -2.03. The second-order valence-corrected chi connectivity index (χ2v) is 8.10. The summed E-state index contributed by atoms with van der Waals surface area (Å²) in [5, 5.41) is 18.6. The fraction of sp³-hybridized carbons (Fsp3) is 0.500. The Kier molecular flexibility index (Phi) is 4.17. The number of aliphatic hydroxyl groups excluding tert-OH is 1. The number of rotatable bonds is 3. The van der Waals surface area contributed by atoms with E-state index < -0.39 is 28.0 Å². The molecule has 1 saturated heterocycles. The number of piperidine rings is 1. The van der Waals surface area contributed by atoms with E-state index in [0.717, 1.165) is 15.6 Å². The average Bonchev–Trinajstić information content (AvgIpc) is 2.76. The maximum atomic E-state index is 12.2. The summed E-state index contributed by atoms with van der Waals surface area (Å²) in [6.07, 6.45) is -1.11. The standard InChI is InChI=1S/C10H12ClNO5S2/c11-8-1-2-9(18-8)19(16,17)12-4-3-6(10(14)15)7(13)5-12/h1-2,6-7,13H,3-5H2,(H,14,15)/t6-,7+/m0/s1. The van der Waals surface area contributed by atoms with Gasteiger partial charge in [-0.25, -0.2) is 8.42 Å². The molecule has 6 nitrogen and oxygen atoms in total. The van der Waals surface area contributed by atoms with E-state index in [9.17, 15) is 18.3 Å². The first-order valence-electron chi connectivity index (χ1n) is 5.48. The molecule has 0 amide bonds. The SMILES string of the molecule is O=C(O)[C@H]1CCN(S(=O)(=O)c2ccc(Cl)s2)C[C@H]1O. The molecule has 0 radical (unpaired) electrons. The number of sulfonamides is 1. The molecule has 106 valence electrons. The van der Waals surface area contributed by atoms with Crippen molar-refractivity contribution in [1.82, 2.24) is 4.31 Å². The number of nitrogens with zero attached hydrogens (tertiary/aromatic N) is 1. The van der Waals surface area contributed by atoms with Gasteiger partial charge < -0.3 is 10.2 Å². The first-order valence-corrected chi connectivity index (χ1v) is 8.12. The summed E-state index contributed by atoms with van der Waals surface area (Å²) in [5.41, 5.74) is 0. The lowest BCUT2D eigenvalue weighted by molar-refractivity contribution is -0.147. The fourth-order valence-corrected chi connectivity index (χ4v) is 5.08. The number of thiophene rings is 1. The summed E-state index contributed by atoms with van der Waals surface area (Å²) in [6.45, 7) is -0.138. The summed E-state index contributed by atoms with van der Waals surface area (Å²) in [7, 11) is -3.71. The zero-order chi connectivity index (χ0) is 14.2. The van der Waals surface area contributed by atoms with Crippen molar-refractivity contribution in [2.75, 3.05) is 13.1 Å². The second kappa shape index (κ2) is 5.37. The lowest BCUT2D eigenvalue weighted by atomic mass is 9.95. The largest absolute Gasteiger partial charge is 0.481 e. The molecule has 1 aromatic heterocycles. The van der Waals surface area contributed by atoms with E-state index in [0.29, 0.717) is 4.34 Å². The molecular weight excluding hydrogens is 314 g/mol. The average molecular weight is 326 g/mol. The smallest absolute Gasteiger partial charge is 0.309 e. The van der Waals surface area contributed by atoms with E-state index in [1.54, 1.807) is 0 Å². The van der Waals surface area contributed by atoms with E-state index in [2.05, 4.69) is 0 Å². The van der Waals surface area contributed by atoms with Gasteiger partial charge in [0.25, 0.3) is 10.0 Å². The van der Waals surface area contributed by atoms with Gasteiger partial charge in [0.05, 0.1) is 16.4 Å². The van der Waals surface area contributed by atoms with Crippen LogP contribution in [0, 0.1) is 5.92 Å². The predicted octanol–water partition coefficient (Wildman–Crippen LogP) is 0.858.